The first-order valence-corrected chi connectivity index (χ1v) is 10.4. The van der Waals surface area contributed by atoms with E-state index in [1.54, 1.807) is 30.3 Å². The molecule has 1 aromatic carbocycles. The lowest BCUT2D eigenvalue weighted by Crippen LogP contribution is -2.07. The van der Waals surface area contributed by atoms with Crippen LogP contribution >= 0.6 is 0 Å². The molecule has 0 radical (unpaired) electrons. The van der Waals surface area contributed by atoms with E-state index < -0.39 is 10.1 Å². The summed E-state index contributed by atoms with van der Waals surface area (Å²) in [5.41, 5.74) is 0. The number of hydrogen-bond donors (Lipinski definition) is 0. The van der Waals surface area contributed by atoms with E-state index in [1.165, 1.54) is 44.9 Å². The van der Waals surface area contributed by atoms with Gasteiger partial charge in [-0.25, -0.2) is 0 Å². The third-order valence-electron chi connectivity index (χ3n) is 3.95. The molecule has 1 rings (SSSR count). The van der Waals surface area contributed by atoms with Crippen molar-refractivity contribution in [3.63, 3.8) is 0 Å². The van der Waals surface area contributed by atoms with Crippen LogP contribution in [-0.2, 0) is 14.3 Å². The van der Waals surface area contributed by atoms with Crippen LogP contribution in [0.2, 0.25) is 0 Å². The van der Waals surface area contributed by atoms with Gasteiger partial charge in [0, 0.05) is 0 Å². The van der Waals surface area contributed by atoms with Gasteiger partial charge in [0.1, 0.15) is 0 Å². The summed E-state index contributed by atoms with van der Waals surface area (Å²) in [6.07, 6.45) is 10.9. The lowest BCUT2D eigenvalue weighted by atomic mass is 10.0. The molecule has 0 aliphatic heterocycles. The second-order valence-electron chi connectivity index (χ2n) is 6.60. The van der Waals surface area contributed by atoms with E-state index >= 15 is 0 Å². The molecule has 0 saturated heterocycles. The van der Waals surface area contributed by atoms with Gasteiger partial charge in [-0.2, -0.15) is 8.42 Å². The molecule has 0 aliphatic rings. The molecule has 0 unspecified atom stereocenters. The first kappa shape index (κ1) is 20.2. The molecule has 4 heteroatoms. The lowest BCUT2D eigenvalue weighted by Gasteiger charge is -2.06. The van der Waals surface area contributed by atoms with Gasteiger partial charge in [-0.05, 0) is 24.5 Å². The Morgan fingerprint density at radius 1 is 0.826 bits per heavy atom. The molecule has 0 N–H and O–H groups in total. The number of rotatable bonds is 13. The zero-order valence-corrected chi connectivity index (χ0v) is 15.5. The summed E-state index contributed by atoms with van der Waals surface area (Å²) in [5, 5.41) is 0. The SMILES string of the molecule is CC(C)CCCCCCCCCCOS(=O)(=O)c1ccccc1. The summed E-state index contributed by atoms with van der Waals surface area (Å²) in [6, 6.07) is 8.33. The molecule has 0 aliphatic carbocycles. The maximum atomic E-state index is 11.9. The Bertz CT molecular complexity index is 495. The van der Waals surface area contributed by atoms with E-state index in [9.17, 15) is 8.42 Å². The zero-order valence-electron chi connectivity index (χ0n) is 14.7. The molecule has 0 amide bonds. The standard InChI is InChI=1S/C19H32O3S/c1-18(2)14-10-7-5-3-4-6-8-13-17-22-23(20,21)19-15-11-9-12-16-19/h9,11-12,15-16,18H,3-8,10,13-14,17H2,1-2H3. The Morgan fingerprint density at radius 3 is 1.91 bits per heavy atom. The molecule has 0 spiro atoms. The van der Waals surface area contributed by atoms with Gasteiger partial charge in [0.25, 0.3) is 10.1 Å². The van der Waals surface area contributed by atoms with E-state index in [0.29, 0.717) is 0 Å². The molecule has 1 aromatic rings. The van der Waals surface area contributed by atoms with E-state index in [1.807, 2.05) is 0 Å². The van der Waals surface area contributed by atoms with Crippen LogP contribution in [0.5, 0.6) is 0 Å². The van der Waals surface area contributed by atoms with E-state index in [2.05, 4.69) is 13.8 Å². The van der Waals surface area contributed by atoms with E-state index in [-0.39, 0.29) is 11.5 Å². The van der Waals surface area contributed by atoms with Gasteiger partial charge in [0.15, 0.2) is 0 Å². The second kappa shape index (κ2) is 11.6. The van der Waals surface area contributed by atoms with Crippen molar-refractivity contribution in [3.8, 4) is 0 Å². The van der Waals surface area contributed by atoms with E-state index in [4.69, 9.17) is 4.18 Å². The molecule has 0 heterocycles. The molecule has 3 nitrogen and oxygen atoms in total. The smallest absolute Gasteiger partial charge is 0.266 e. The first-order valence-electron chi connectivity index (χ1n) is 8.97. The van der Waals surface area contributed by atoms with Gasteiger partial charge in [-0.15, -0.1) is 0 Å². The molecular formula is C19H32O3S. The summed E-state index contributed by atoms with van der Waals surface area (Å²) >= 11 is 0. The Morgan fingerprint density at radius 2 is 1.35 bits per heavy atom. The van der Waals surface area contributed by atoms with Crippen molar-refractivity contribution < 1.29 is 12.6 Å². The van der Waals surface area contributed by atoms with Crippen LogP contribution in [-0.4, -0.2) is 15.0 Å². The third kappa shape index (κ3) is 9.77. The highest BCUT2D eigenvalue weighted by Gasteiger charge is 2.13. The van der Waals surface area contributed by atoms with Crippen LogP contribution in [0.15, 0.2) is 35.2 Å². The normalized spacial score (nSPS) is 12.0. The first-order chi connectivity index (χ1) is 11.0. The van der Waals surface area contributed by atoms with Crippen molar-refractivity contribution in [2.75, 3.05) is 6.61 Å². The van der Waals surface area contributed by atoms with E-state index in [0.717, 1.165) is 18.8 Å². The van der Waals surface area contributed by atoms with Crippen molar-refractivity contribution >= 4 is 10.1 Å². The Balaban J connectivity index is 1.98. The number of unbranched alkanes of at least 4 members (excludes halogenated alkanes) is 7. The molecule has 132 valence electrons. The monoisotopic (exact) mass is 340 g/mol. The lowest BCUT2D eigenvalue weighted by molar-refractivity contribution is 0.306. The summed E-state index contributed by atoms with van der Waals surface area (Å²) in [4.78, 5) is 0.237. The summed E-state index contributed by atoms with van der Waals surface area (Å²) in [6.45, 7) is 4.84. The molecular weight excluding hydrogens is 308 g/mol. The average Bonchev–Trinajstić information content (AvgIpc) is 2.53. The number of benzene rings is 1. The minimum atomic E-state index is -3.58. The van der Waals surface area contributed by atoms with Crippen LogP contribution in [0.1, 0.15) is 71.6 Å². The summed E-state index contributed by atoms with van der Waals surface area (Å²) in [7, 11) is -3.58. The highest BCUT2D eigenvalue weighted by atomic mass is 32.2. The predicted molar refractivity (Wildman–Crippen MR) is 96.0 cm³/mol. The Labute approximate surface area is 142 Å². The van der Waals surface area contributed by atoms with Crippen molar-refractivity contribution in [3.05, 3.63) is 30.3 Å². The topological polar surface area (TPSA) is 43.4 Å². The van der Waals surface area contributed by atoms with Gasteiger partial charge in [0.05, 0.1) is 11.5 Å². The van der Waals surface area contributed by atoms with Gasteiger partial charge >= 0.3 is 0 Å². The fourth-order valence-corrected chi connectivity index (χ4v) is 3.50. The molecule has 0 fully saturated rings. The van der Waals surface area contributed by atoms with Crippen LogP contribution in [0.4, 0.5) is 0 Å². The fraction of sp³-hybridized carbons (Fsp3) is 0.684. The van der Waals surface area contributed by atoms with Gasteiger partial charge in [0.2, 0.25) is 0 Å². The van der Waals surface area contributed by atoms with Crippen LogP contribution in [0.25, 0.3) is 0 Å². The van der Waals surface area contributed by atoms with Crippen molar-refractivity contribution in [2.24, 2.45) is 5.92 Å². The van der Waals surface area contributed by atoms with Crippen molar-refractivity contribution in [2.45, 2.75) is 76.5 Å². The number of hydrogen-bond acceptors (Lipinski definition) is 3. The van der Waals surface area contributed by atoms with Crippen molar-refractivity contribution in [1.29, 1.82) is 0 Å². The summed E-state index contributed by atoms with van der Waals surface area (Å²) < 4.78 is 28.9. The van der Waals surface area contributed by atoms with Crippen LogP contribution in [0.3, 0.4) is 0 Å². The molecule has 0 aromatic heterocycles. The zero-order chi connectivity index (χ0) is 17.0. The predicted octanol–water partition coefficient (Wildman–Crippen LogP) is 5.56. The molecule has 23 heavy (non-hydrogen) atoms. The quantitative estimate of drug-likeness (QED) is 0.349. The minimum Gasteiger partial charge on any atom is -0.266 e. The summed E-state index contributed by atoms with van der Waals surface area (Å²) in [5.74, 6) is 0.821. The Hall–Kier alpha value is -0.870. The van der Waals surface area contributed by atoms with Crippen molar-refractivity contribution in [1.82, 2.24) is 0 Å². The second-order valence-corrected chi connectivity index (χ2v) is 8.22. The van der Waals surface area contributed by atoms with Gasteiger partial charge in [-0.3, -0.25) is 4.18 Å². The third-order valence-corrected chi connectivity index (χ3v) is 5.27. The maximum Gasteiger partial charge on any atom is 0.296 e. The highest BCUT2D eigenvalue weighted by Crippen LogP contribution is 2.14. The molecule has 0 bridgehead atoms. The van der Waals surface area contributed by atoms with Crippen LogP contribution in [0, 0.1) is 5.92 Å². The maximum absolute atomic E-state index is 11.9. The average molecular weight is 341 g/mol. The molecule has 0 saturated carbocycles. The molecule has 0 atom stereocenters. The largest absolute Gasteiger partial charge is 0.296 e. The highest BCUT2D eigenvalue weighted by molar-refractivity contribution is 7.86. The fourth-order valence-electron chi connectivity index (χ4n) is 2.54. The van der Waals surface area contributed by atoms with Gasteiger partial charge in [-0.1, -0.05) is 83.4 Å². The Kier molecular flexibility index (Phi) is 10.2. The van der Waals surface area contributed by atoms with Crippen LogP contribution < -0.4 is 0 Å². The van der Waals surface area contributed by atoms with Gasteiger partial charge < -0.3 is 0 Å². The minimum absolute atomic E-state index is 0.237.